The predicted molar refractivity (Wildman–Crippen MR) is 90.2 cm³/mol. The second kappa shape index (κ2) is 7.33. The van der Waals surface area contributed by atoms with Gasteiger partial charge in [0.2, 0.25) is 5.91 Å². The van der Waals surface area contributed by atoms with Crippen LogP contribution in [0, 0.1) is 5.82 Å². The molecular weight excluding hydrogens is 325 g/mol. The molecule has 0 spiro atoms. The van der Waals surface area contributed by atoms with Crippen molar-refractivity contribution < 1.29 is 14.0 Å². The number of benzene rings is 1. The van der Waals surface area contributed by atoms with Crippen molar-refractivity contribution in [3.8, 4) is 0 Å². The minimum Gasteiger partial charge on any atom is -0.337 e. The van der Waals surface area contributed by atoms with Gasteiger partial charge in [0.05, 0.1) is 24.5 Å². The third-order valence-corrected chi connectivity index (χ3v) is 4.04. The van der Waals surface area contributed by atoms with Crippen molar-refractivity contribution in [2.45, 2.75) is 33.0 Å². The van der Waals surface area contributed by atoms with E-state index in [2.05, 4.69) is 15.7 Å². The van der Waals surface area contributed by atoms with Gasteiger partial charge in [0.25, 0.3) is 0 Å². The number of carbonyl (C=O) groups excluding carboxylic acids is 2. The minimum absolute atomic E-state index is 0.0491. The Bertz CT molecular complexity index is 772. The van der Waals surface area contributed by atoms with E-state index in [0.717, 1.165) is 30.9 Å². The van der Waals surface area contributed by atoms with Gasteiger partial charge >= 0.3 is 6.03 Å². The van der Waals surface area contributed by atoms with Crippen LogP contribution in [0.25, 0.3) is 0 Å². The molecule has 0 atom stereocenters. The van der Waals surface area contributed by atoms with Gasteiger partial charge in [-0.2, -0.15) is 5.10 Å². The maximum absolute atomic E-state index is 12.8. The third-order valence-electron chi connectivity index (χ3n) is 4.04. The zero-order chi connectivity index (χ0) is 17.8. The summed E-state index contributed by atoms with van der Waals surface area (Å²) in [5.74, 6) is -0.307. The van der Waals surface area contributed by atoms with Crippen LogP contribution in [-0.2, 0) is 24.4 Å². The lowest BCUT2D eigenvalue weighted by Crippen LogP contribution is -2.28. The molecule has 0 saturated carbocycles. The lowest BCUT2D eigenvalue weighted by molar-refractivity contribution is -0.129. The van der Waals surface area contributed by atoms with Gasteiger partial charge < -0.3 is 15.5 Å². The maximum Gasteiger partial charge on any atom is 0.319 e. The Kier molecular flexibility index (Phi) is 4.97. The van der Waals surface area contributed by atoms with Crippen LogP contribution in [0.15, 0.2) is 30.3 Å². The number of hydrogen-bond donors (Lipinski definition) is 2. The number of urea groups is 1. The molecule has 132 valence electrons. The Morgan fingerprint density at radius 3 is 2.72 bits per heavy atom. The van der Waals surface area contributed by atoms with Crippen LogP contribution >= 0.6 is 0 Å². The Hall–Kier alpha value is -2.90. The zero-order valence-corrected chi connectivity index (χ0v) is 14.0. The van der Waals surface area contributed by atoms with Crippen molar-refractivity contribution in [2.75, 3.05) is 11.9 Å². The highest BCUT2D eigenvalue weighted by atomic mass is 19.1. The van der Waals surface area contributed by atoms with Gasteiger partial charge in [-0.1, -0.05) is 0 Å². The minimum atomic E-state index is -0.389. The second-order valence-corrected chi connectivity index (χ2v) is 5.96. The van der Waals surface area contributed by atoms with Gasteiger partial charge in [0, 0.05) is 25.7 Å². The number of fused-ring (bicyclic) bond motifs is 1. The molecule has 1 aromatic heterocycles. The first-order chi connectivity index (χ1) is 12.0. The number of aromatic nitrogens is 2. The molecule has 3 amide bonds. The molecule has 8 heteroatoms. The highest BCUT2D eigenvalue weighted by molar-refractivity contribution is 5.89. The molecule has 2 N–H and O–H groups in total. The van der Waals surface area contributed by atoms with E-state index in [1.807, 2.05) is 10.7 Å². The standard InChI is InChI=1S/C17H20FN5O2/c1-12(24)22-7-2-8-23-16(11-22)9-15(21-23)10-19-17(25)20-14-5-3-13(18)4-6-14/h3-6,9H,2,7-8,10-11H2,1H3,(H2,19,20,25). The van der Waals surface area contributed by atoms with E-state index in [1.54, 1.807) is 11.8 Å². The van der Waals surface area contributed by atoms with Crippen molar-refractivity contribution in [2.24, 2.45) is 0 Å². The molecule has 0 saturated heterocycles. The summed E-state index contributed by atoms with van der Waals surface area (Å²) in [5, 5.41) is 9.83. The normalized spacial score (nSPS) is 13.8. The maximum atomic E-state index is 12.8. The van der Waals surface area contributed by atoms with Crippen LogP contribution in [0.5, 0.6) is 0 Å². The summed E-state index contributed by atoms with van der Waals surface area (Å²) in [4.78, 5) is 25.3. The van der Waals surface area contributed by atoms with E-state index in [-0.39, 0.29) is 24.3 Å². The van der Waals surface area contributed by atoms with E-state index < -0.39 is 0 Å². The van der Waals surface area contributed by atoms with E-state index >= 15 is 0 Å². The highest BCUT2D eigenvalue weighted by Crippen LogP contribution is 2.14. The number of nitrogens with zero attached hydrogens (tertiary/aromatic N) is 3. The fraction of sp³-hybridized carbons (Fsp3) is 0.353. The molecular formula is C17H20FN5O2. The van der Waals surface area contributed by atoms with E-state index in [1.165, 1.54) is 24.3 Å². The zero-order valence-electron chi connectivity index (χ0n) is 14.0. The SMILES string of the molecule is CC(=O)N1CCCn2nc(CNC(=O)Nc3ccc(F)cc3)cc2C1. The molecule has 25 heavy (non-hydrogen) atoms. The monoisotopic (exact) mass is 345 g/mol. The molecule has 1 aliphatic rings. The number of hydrogen-bond acceptors (Lipinski definition) is 3. The van der Waals surface area contributed by atoms with E-state index in [4.69, 9.17) is 0 Å². The van der Waals surface area contributed by atoms with Gasteiger partial charge in [-0.25, -0.2) is 9.18 Å². The summed E-state index contributed by atoms with van der Waals surface area (Å²) in [6, 6.07) is 7.05. The molecule has 7 nitrogen and oxygen atoms in total. The van der Waals surface area contributed by atoms with Crippen LogP contribution in [0.1, 0.15) is 24.7 Å². The molecule has 0 radical (unpaired) electrons. The van der Waals surface area contributed by atoms with Crippen molar-refractivity contribution in [1.82, 2.24) is 20.0 Å². The van der Waals surface area contributed by atoms with Gasteiger partial charge in [0.15, 0.2) is 0 Å². The van der Waals surface area contributed by atoms with Crippen molar-refractivity contribution in [3.05, 3.63) is 47.5 Å². The summed E-state index contributed by atoms with van der Waals surface area (Å²) in [6.07, 6.45) is 0.853. The first-order valence-electron chi connectivity index (χ1n) is 8.13. The van der Waals surface area contributed by atoms with Crippen molar-refractivity contribution in [1.29, 1.82) is 0 Å². The topological polar surface area (TPSA) is 79.3 Å². The fourth-order valence-electron chi connectivity index (χ4n) is 2.76. The Labute approximate surface area is 144 Å². The van der Waals surface area contributed by atoms with Crippen LogP contribution < -0.4 is 10.6 Å². The predicted octanol–water partition coefficient (Wildman–Crippen LogP) is 2.10. The molecule has 0 bridgehead atoms. The first kappa shape index (κ1) is 16.9. The summed E-state index contributed by atoms with van der Waals surface area (Å²) >= 11 is 0. The molecule has 2 aromatic rings. The number of rotatable bonds is 3. The highest BCUT2D eigenvalue weighted by Gasteiger charge is 2.18. The van der Waals surface area contributed by atoms with Crippen LogP contribution in [0.3, 0.4) is 0 Å². The second-order valence-electron chi connectivity index (χ2n) is 5.96. The molecule has 3 rings (SSSR count). The number of aryl methyl sites for hydroxylation is 1. The lowest BCUT2D eigenvalue weighted by atomic mass is 10.3. The number of anilines is 1. The largest absolute Gasteiger partial charge is 0.337 e. The first-order valence-corrected chi connectivity index (χ1v) is 8.13. The Morgan fingerprint density at radius 2 is 2.00 bits per heavy atom. The van der Waals surface area contributed by atoms with E-state index in [9.17, 15) is 14.0 Å². The van der Waals surface area contributed by atoms with Gasteiger partial charge in [-0.05, 0) is 36.8 Å². The molecule has 0 fully saturated rings. The molecule has 0 unspecified atom stereocenters. The van der Waals surface area contributed by atoms with Gasteiger partial charge in [-0.3, -0.25) is 9.48 Å². The fourth-order valence-corrected chi connectivity index (χ4v) is 2.76. The molecule has 0 aliphatic carbocycles. The molecule has 1 aliphatic heterocycles. The summed E-state index contributed by atoms with van der Waals surface area (Å²) in [5.41, 5.74) is 2.20. The summed E-state index contributed by atoms with van der Waals surface area (Å²) < 4.78 is 14.7. The number of nitrogens with one attached hydrogen (secondary N) is 2. The van der Waals surface area contributed by atoms with Crippen LogP contribution in [-0.4, -0.2) is 33.2 Å². The van der Waals surface area contributed by atoms with Crippen LogP contribution in [0.4, 0.5) is 14.9 Å². The lowest BCUT2D eigenvalue weighted by Gasteiger charge is -2.17. The average molecular weight is 345 g/mol. The van der Waals surface area contributed by atoms with Crippen molar-refractivity contribution in [3.63, 3.8) is 0 Å². The van der Waals surface area contributed by atoms with Gasteiger partial charge in [0.1, 0.15) is 5.82 Å². The molecule has 2 heterocycles. The van der Waals surface area contributed by atoms with E-state index in [0.29, 0.717) is 12.2 Å². The summed E-state index contributed by atoms with van der Waals surface area (Å²) in [7, 11) is 0. The molecule has 1 aromatic carbocycles. The summed E-state index contributed by atoms with van der Waals surface area (Å²) in [6.45, 7) is 3.85. The van der Waals surface area contributed by atoms with Crippen LogP contribution in [0.2, 0.25) is 0 Å². The smallest absolute Gasteiger partial charge is 0.319 e. The number of halogens is 1. The van der Waals surface area contributed by atoms with Gasteiger partial charge in [-0.15, -0.1) is 0 Å². The number of carbonyl (C=O) groups is 2. The average Bonchev–Trinajstić information content (AvgIpc) is 2.85. The quantitative estimate of drug-likeness (QED) is 0.894. The van der Waals surface area contributed by atoms with Crippen molar-refractivity contribution >= 4 is 17.6 Å². The third kappa shape index (κ3) is 4.34. The Balaban J connectivity index is 1.57. The number of amides is 3. The Morgan fingerprint density at radius 1 is 1.24 bits per heavy atom.